The molecular formula is C24H26ClN7O3. The summed E-state index contributed by atoms with van der Waals surface area (Å²) >= 11 is 6.12. The summed E-state index contributed by atoms with van der Waals surface area (Å²) < 4.78 is 7.37. The third kappa shape index (κ3) is 5.33. The van der Waals surface area contributed by atoms with Gasteiger partial charge in [0.1, 0.15) is 17.6 Å². The molecule has 0 aliphatic carbocycles. The van der Waals surface area contributed by atoms with E-state index in [1.807, 2.05) is 41.8 Å². The molecule has 4 N–H and O–H groups in total. The number of ether oxygens (including phenoxy) is 1. The fourth-order valence-electron chi connectivity index (χ4n) is 3.88. The van der Waals surface area contributed by atoms with E-state index < -0.39 is 6.04 Å². The molecule has 1 aliphatic rings. The number of carbonyl (C=O) groups excluding carboxylic acids is 2. The number of nitrogens with zero attached hydrogens (tertiary/aromatic N) is 4. The molecule has 0 spiro atoms. The van der Waals surface area contributed by atoms with Gasteiger partial charge in [0.25, 0.3) is 0 Å². The van der Waals surface area contributed by atoms with Gasteiger partial charge in [0.05, 0.1) is 31.5 Å². The van der Waals surface area contributed by atoms with Gasteiger partial charge in [-0.25, -0.2) is 0 Å². The van der Waals surface area contributed by atoms with Crippen LogP contribution in [-0.2, 0) is 9.59 Å². The highest BCUT2D eigenvalue weighted by Crippen LogP contribution is 2.34. The molecule has 0 unspecified atom stereocenters. The molecule has 182 valence electrons. The molecule has 0 saturated carbocycles. The van der Waals surface area contributed by atoms with Crippen LogP contribution in [0.15, 0.2) is 47.5 Å². The van der Waals surface area contributed by atoms with Crippen LogP contribution in [0, 0.1) is 6.92 Å². The van der Waals surface area contributed by atoms with Crippen LogP contribution in [0.3, 0.4) is 0 Å². The Balaban J connectivity index is 1.74. The molecule has 35 heavy (non-hydrogen) atoms. The van der Waals surface area contributed by atoms with Gasteiger partial charge in [-0.05, 0) is 37.3 Å². The molecule has 1 atom stereocenters. The van der Waals surface area contributed by atoms with E-state index in [4.69, 9.17) is 27.1 Å². The second-order valence-corrected chi connectivity index (χ2v) is 8.38. The Morgan fingerprint density at radius 2 is 1.89 bits per heavy atom. The predicted octanol–water partition coefficient (Wildman–Crippen LogP) is 1.71. The average Bonchev–Trinajstić information content (AvgIpc) is 3.19. The van der Waals surface area contributed by atoms with E-state index in [1.165, 1.54) is 0 Å². The van der Waals surface area contributed by atoms with Crippen molar-refractivity contribution >= 4 is 29.1 Å². The molecule has 0 bridgehead atoms. The number of hydrogen-bond donors (Lipinski definition) is 3. The minimum atomic E-state index is -0.646. The van der Waals surface area contributed by atoms with Crippen molar-refractivity contribution in [1.82, 2.24) is 25.4 Å². The van der Waals surface area contributed by atoms with Crippen molar-refractivity contribution in [2.24, 2.45) is 10.7 Å². The predicted molar refractivity (Wildman–Crippen MR) is 132 cm³/mol. The van der Waals surface area contributed by atoms with E-state index in [1.54, 1.807) is 19.2 Å². The third-order valence-electron chi connectivity index (χ3n) is 5.54. The van der Waals surface area contributed by atoms with Gasteiger partial charge in [0.15, 0.2) is 5.82 Å². The Bertz CT molecular complexity index is 1270. The van der Waals surface area contributed by atoms with Crippen LogP contribution in [0.4, 0.5) is 0 Å². The summed E-state index contributed by atoms with van der Waals surface area (Å²) in [4.78, 5) is 29.7. The molecule has 0 saturated heterocycles. The highest BCUT2D eigenvalue weighted by Gasteiger charge is 2.30. The molecule has 11 heteroatoms. The van der Waals surface area contributed by atoms with Crippen LogP contribution in [-0.4, -0.2) is 59.0 Å². The Morgan fingerprint density at radius 3 is 2.60 bits per heavy atom. The summed E-state index contributed by atoms with van der Waals surface area (Å²) in [7, 11) is 1.60. The summed E-state index contributed by atoms with van der Waals surface area (Å²) in [5.41, 5.74) is 8.51. The van der Waals surface area contributed by atoms with Gasteiger partial charge < -0.3 is 21.1 Å². The lowest BCUT2D eigenvalue weighted by Crippen LogP contribution is -2.39. The minimum absolute atomic E-state index is 0.0233. The van der Waals surface area contributed by atoms with Crippen LogP contribution in [0.25, 0.3) is 5.69 Å². The summed E-state index contributed by atoms with van der Waals surface area (Å²) in [6.45, 7) is 2.36. The highest BCUT2D eigenvalue weighted by atomic mass is 35.5. The maximum Gasteiger partial charge on any atom is 0.239 e. The lowest BCUT2D eigenvalue weighted by molar-refractivity contribution is -0.126. The molecule has 0 radical (unpaired) electrons. The van der Waals surface area contributed by atoms with Gasteiger partial charge in [0, 0.05) is 29.2 Å². The Hall–Kier alpha value is -3.76. The van der Waals surface area contributed by atoms with Crippen LogP contribution in [0.2, 0.25) is 5.02 Å². The number of fused-ring (bicyclic) bond motifs is 3. The van der Waals surface area contributed by atoms with E-state index >= 15 is 0 Å². The van der Waals surface area contributed by atoms with Gasteiger partial charge in [-0.2, -0.15) is 0 Å². The van der Waals surface area contributed by atoms with Crippen molar-refractivity contribution in [2.75, 3.05) is 26.7 Å². The van der Waals surface area contributed by atoms with E-state index in [0.29, 0.717) is 41.2 Å². The summed E-state index contributed by atoms with van der Waals surface area (Å²) in [5, 5.41) is 14.5. The number of carbonyl (C=O) groups is 2. The van der Waals surface area contributed by atoms with Gasteiger partial charge in [-0.1, -0.05) is 23.7 Å². The van der Waals surface area contributed by atoms with Gasteiger partial charge in [-0.15, -0.1) is 10.2 Å². The van der Waals surface area contributed by atoms with Gasteiger partial charge in [0.2, 0.25) is 11.8 Å². The minimum Gasteiger partial charge on any atom is -0.497 e. The zero-order valence-electron chi connectivity index (χ0n) is 19.4. The zero-order chi connectivity index (χ0) is 24.9. The highest BCUT2D eigenvalue weighted by molar-refractivity contribution is 6.30. The molecule has 2 aromatic carbocycles. The first kappa shape index (κ1) is 24.4. The molecule has 2 heterocycles. The first-order chi connectivity index (χ1) is 16.9. The summed E-state index contributed by atoms with van der Waals surface area (Å²) in [6, 6.07) is 12.4. The van der Waals surface area contributed by atoms with Crippen molar-refractivity contribution in [3.63, 3.8) is 0 Å². The number of rotatable bonds is 8. The maximum atomic E-state index is 12.8. The largest absolute Gasteiger partial charge is 0.497 e. The van der Waals surface area contributed by atoms with Crippen molar-refractivity contribution in [3.8, 4) is 11.4 Å². The number of methoxy groups -OCH3 is 1. The Morgan fingerprint density at radius 1 is 1.11 bits per heavy atom. The molecule has 3 aromatic rings. The van der Waals surface area contributed by atoms with Gasteiger partial charge in [-0.3, -0.25) is 19.1 Å². The SMILES string of the molecule is COc1ccc2c(c1)C(c1ccc(Cl)cc1)=N[C@@H](CC(=O)NCC(=O)NCCN)c1nnc(C)n1-2. The molecule has 10 nitrogen and oxygen atoms in total. The summed E-state index contributed by atoms with van der Waals surface area (Å²) in [6.07, 6.45) is -0.0233. The Labute approximate surface area is 207 Å². The second kappa shape index (κ2) is 10.7. The number of hydrogen-bond acceptors (Lipinski definition) is 7. The normalized spacial score (nSPS) is 14.3. The first-order valence-electron chi connectivity index (χ1n) is 11.1. The number of halogens is 1. The maximum absolute atomic E-state index is 12.8. The second-order valence-electron chi connectivity index (χ2n) is 7.94. The van der Waals surface area contributed by atoms with Crippen LogP contribution >= 0.6 is 11.6 Å². The van der Waals surface area contributed by atoms with E-state index in [0.717, 1.165) is 16.8 Å². The molecular weight excluding hydrogens is 470 g/mol. The number of benzene rings is 2. The lowest BCUT2D eigenvalue weighted by atomic mass is 10.00. The van der Waals surface area contributed by atoms with Gasteiger partial charge >= 0.3 is 0 Å². The van der Waals surface area contributed by atoms with E-state index in [2.05, 4.69) is 20.8 Å². The third-order valence-corrected chi connectivity index (χ3v) is 5.79. The fourth-order valence-corrected chi connectivity index (χ4v) is 4.00. The lowest BCUT2D eigenvalue weighted by Gasteiger charge is -2.14. The van der Waals surface area contributed by atoms with Crippen molar-refractivity contribution in [1.29, 1.82) is 0 Å². The van der Waals surface area contributed by atoms with Crippen LogP contribution in [0.5, 0.6) is 5.75 Å². The van der Waals surface area contributed by atoms with Crippen LogP contribution in [0.1, 0.15) is 35.2 Å². The number of nitrogens with two attached hydrogens (primary N) is 1. The summed E-state index contributed by atoms with van der Waals surface area (Å²) in [5.74, 6) is 1.20. The smallest absolute Gasteiger partial charge is 0.239 e. The van der Waals surface area contributed by atoms with Crippen molar-refractivity contribution < 1.29 is 14.3 Å². The fraction of sp³-hybridized carbons (Fsp3) is 0.292. The standard InChI is InChI=1S/C24H26ClN7O3/c1-14-30-31-24-19(12-21(33)28-13-22(34)27-10-9-26)29-23(15-3-5-16(25)6-4-15)18-11-17(35-2)7-8-20(18)32(14)24/h3-8,11,19H,9-10,12-13,26H2,1-2H3,(H,27,34)(H,28,33)/t19-/m0/s1. The van der Waals surface area contributed by atoms with Crippen LogP contribution < -0.4 is 21.1 Å². The Kier molecular flexibility index (Phi) is 7.42. The molecule has 4 rings (SSSR count). The number of aryl methyl sites for hydroxylation is 1. The molecule has 1 aliphatic heterocycles. The number of aliphatic imine (C=N–C) groups is 1. The topological polar surface area (TPSA) is 137 Å². The van der Waals surface area contributed by atoms with Crippen molar-refractivity contribution in [2.45, 2.75) is 19.4 Å². The van der Waals surface area contributed by atoms with E-state index in [-0.39, 0.29) is 24.8 Å². The number of amides is 2. The number of nitrogens with one attached hydrogen (secondary N) is 2. The average molecular weight is 496 g/mol. The van der Waals surface area contributed by atoms with E-state index in [9.17, 15) is 9.59 Å². The first-order valence-corrected chi connectivity index (χ1v) is 11.5. The zero-order valence-corrected chi connectivity index (χ0v) is 20.2. The number of aromatic nitrogens is 3. The quantitative estimate of drug-likeness (QED) is 0.435. The molecule has 2 amide bonds. The molecule has 0 fully saturated rings. The monoisotopic (exact) mass is 495 g/mol. The molecule has 1 aromatic heterocycles. The van der Waals surface area contributed by atoms with Crippen molar-refractivity contribution in [3.05, 3.63) is 70.3 Å².